The second-order valence-electron chi connectivity index (χ2n) is 6.46. The fraction of sp³-hybridized carbons (Fsp3) is 0.611. The molecule has 3 heteroatoms. The summed E-state index contributed by atoms with van der Waals surface area (Å²) in [5, 5.41) is 3.44. The number of hydrogen-bond donors (Lipinski definition) is 1. The summed E-state index contributed by atoms with van der Waals surface area (Å²) >= 11 is 0. The molecule has 0 aromatic carbocycles. The first kappa shape index (κ1) is 16.0. The Bertz CT molecular complexity index is 472. The van der Waals surface area contributed by atoms with Gasteiger partial charge < -0.3 is 5.32 Å². The number of nitrogens with one attached hydrogen (secondary N) is 1. The van der Waals surface area contributed by atoms with E-state index in [1.807, 2.05) is 0 Å². The van der Waals surface area contributed by atoms with Gasteiger partial charge >= 0.3 is 0 Å². The monoisotopic (exact) mass is 285 g/mol. The van der Waals surface area contributed by atoms with E-state index in [0.717, 1.165) is 43.5 Å². The number of nitrogens with zero attached hydrogens (tertiary/aromatic N) is 2. The normalized spacial score (nSPS) is 14.6. The number of terminal acetylenes is 1. The van der Waals surface area contributed by atoms with E-state index < -0.39 is 0 Å². The number of aromatic nitrogens is 1. The van der Waals surface area contributed by atoms with E-state index in [1.165, 1.54) is 12.8 Å². The van der Waals surface area contributed by atoms with Gasteiger partial charge in [-0.15, -0.1) is 6.42 Å². The SMILES string of the molecule is C#CCN(Cc1cccc(CNCC(C)C)n1)CC1CC1. The van der Waals surface area contributed by atoms with Gasteiger partial charge in [0.25, 0.3) is 0 Å². The summed E-state index contributed by atoms with van der Waals surface area (Å²) in [6.07, 6.45) is 8.19. The molecule has 0 saturated heterocycles. The van der Waals surface area contributed by atoms with Crippen molar-refractivity contribution in [3.63, 3.8) is 0 Å². The lowest BCUT2D eigenvalue weighted by molar-refractivity contribution is 0.283. The van der Waals surface area contributed by atoms with Crippen molar-refractivity contribution in [2.75, 3.05) is 19.6 Å². The van der Waals surface area contributed by atoms with E-state index in [-0.39, 0.29) is 0 Å². The highest BCUT2D eigenvalue weighted by Gasteiger charge is 2.24. The second kappa shape index (κ2) is 8.17. The predicted molar refractivity (Wildman–Crippen MR) is 87.6 cm³/mol. The Morgan fingerprint density at radius 1 is 1.38 bits per heavy atom. The van der Waals surface area contributed by atoms with Gasteiger partial charge in [-0.2, -0.15) is 0 Å². The molecule has 1 aromatic heterocycles. The molecule has 0 spiro atoms. The fourth-order valence-electron chi connectivity index (χ4n) is 2.41. The number of rotatable bonds is 9. The van der Waals surface area contributed by atoms with Crippen LogP contribution in [0.25, 0.3) is 0 Å². The van der Waals surface area contributed by atoms with Crippen LogP contribution in [0.1, 0.15) is 38.1 Å². The largest absolute Gasteiger partial charge is 0.311 e. The zero-order chi connectivity index (χ0) is 15.1. The van der Waals surface area contributed by atoms with Crippen LogP contribution >= 0.6 is 0 Å². The molecule has 1 N–H and O–H groups in total. The summed E-state index contributed by atoms with van der Waals surface area (Å²) in [7, 11) is 0. The second-order valence-corrected chi connectivity index (χ2v) is 6.46. The third-order valence-corrected chi connectivity index (χ3v) is 3.64. The molecule has 3 nitrogen and oxygen atoms in total. The quantitative estimate of drug-likeness (QED) is 0.707. The standard InChI is InChI=1S/C18H27N3/c1-4-10-21(13-16-8-9-16)14-18-7-5-6-17(20-18)12-19-11-15(2)3/h1,5-7,15-16,19H,8-14H2,2-3H3. The van der Waals surface area contributed by atoms with Crippen LogP contribution in [0.2, 0.25) is 0 Å². The van der Waals surface area contributed by atoms with Crippen LogP contribution in [0.15, 0.2) is 18.2 Å². The molecule has 1 aliphatic rings. The van der Waals surface area contributed by atoms with Crippen molar-refractivity contribution < 1.29 is 0 Å². The lowest BCUT2D eigenvalue weighted by atomic mass is 10.2. The van der Waals surface area contributed by atoms with Crippen LogP contribution in [-0.4, -0.2) is 29.5 Å². The minimum atomic E-state index is 0.665. The Balaban J connectivity index is 1.87. The summed E-state index contributed by atoms with van der Waals surface area (Å²) in [5.41, 5.74) is 2.23. The third kappa shape index (κ3) is 6.29. The Morgan fingerprint density at radius 2 is 2.14 bits per heavy atom. The van der Waals surface area contributed by atoms with E-state index in [9.17, 15) is 0 Å². The van der Waals surface area contributed by atoms with E-state index in [0.29, 0.717) is 12.5 Å². The first-order valence-corrected chi connectivity index (χ1v) is 7.98. The van der Waals surface area contributed by atoms with Crippen LogP contribution in [-0.2, 0) is 13.1 Å². The number of hydrogen-bond acceptors (Lipinski definition) is 3. The maximum atomic E-state index is 5.48. The molecular formula is C18H27N3. The highest BCUT2D eigenvalue weighted by Crippen LogP contribution is 2.29. The maximum absolute atomic E-state index is 5.48. The van der Waals surface area contributed by atoms with E-state index in [1.54, 1.807) is 0 Å². The Kier molecular flexibility index (Phi) is 6.22. The van der Waals surface area contributed by atoms with Crippen molar-refractivity contribution in [2.24, 2.45) is 11.8 Å². The van der Waals surface area contributed by atoms with Crippen LogP contribution in [0, 0.1) is 24.2 Å². The minimum absolute atomic E-state index is 0.665. The molecule has 0 aliphatic heterocycles. The molecule has 0 unspecified atom stereocenters. The van der Waals surface area contributed by atoms with Crippen LogP contribution in [0.3, 0.4) is 0 Å². The average Bonchev–Trinajstić information content (AvgIpc) is 3.23. The van der Waals surface area contributed by atoms with Gasteiger partial charge in [-0.1, -0.05) is 25.8 Å². The molecule has 0 atom stereocenters. The zero-order valence-electron chi connectivity index (χ0n) is 13.3. The first-order valence-electron chi connectivity index (χ1n) is 7.98. The molecular weight excluding hydrogens is 258 g/mol. The van der Waals surface area contributed by atoms with Gasteiger partial charge in [0.15, 0.2) is 0 Å². The number of pyridine rings is 1. The van der Waals surface area contributed by atoms with Crippen molar-refractivity contribution in [3.8, 4) is 12.3 Å². The van der Waals surface area contributed by atoms with E-state index >= 15 is 0 Å². The Hall–Kier alpha value is -1.37. The smallest absolute Gasteiger partial charge is 0.0602 e. The Labute approximate surface area is 129 Å². The van der Waals surface area contributed by atoms with E-state index in [2.05, 4.69) is 48.2 Å². The van der Waals surface area contributed by atoms with Gasteiger partial charge in [-0.3, -0.25) is 9.88 Å². The van der Waals surface area contributed by atoms with Gasteiger partial charge in [0.05, 0.1) is 17.9 Å². The minimum Gasteiger partial charge on any atom is -0.311 e. The van der Waals surface area contributed by atoms with Crippen molar-refractivity contribution in [1.29, 1.82) is 0 Å². The van der Waals surface area contributed by atoms with Crippen LogP contribution < -0.4 is 5.32 Å². The molecule has 1 aliphatic carbocycles. The van der Waals surface area contributed by atoms with Gasteiger partial charge in [-0.05, 0) is 43.4 Å². The molecule has 114 valence electrons. The van der Waals surface area contributed by atoms with Crippen LogP contribution in [0.4, 0.5) is 0 Å². The van der Waals surface area contributed by atoms with Crippen LogP contribution in [0.5, 0.6) is 0 Å². The van der Waals surface area contributed by atoms with Crippen molar-refractivity contribution in [2.45, 2.75) is 39.8 Å². The summed E-state index contributed by atoms with van der Waals surface area (Å²) < 4.78 is 0. The third-order valence-electron chi connectivity index (χ3n) is 3.64. The summed E-state index contributed by atoms with van der Waals surface area (Å²) in [4.78, 5) is 7.09. The molecule has 21 heavy (non-hydrogen) atoms. The highest BCUT2D eigenvalue weighted by molar-refractivity contribution is 5.11. The maximum Gasteiger partial charge on any atom is 0.0602 e. The van der Waals surface area contributed by atoms with Crippen molar-refractivity contribution >= 4 is 0 Å². The van der Waals surface area contributed by atoms with Gasteiger partial charge in [0, 0.05) is 19.6 Å². The summed E-state index contributed by atoms with van der Waals surface area (Å²) in [5.74, 6) is 4.29. The lowest BCUT2D eigenvalue weighted by Gasteiger charge is -2.19. The van der Waals surface area contributed by atoms with Crippen molar-refractivity contribution in [3.05, 3.63) is 29.6 Å². The predicted octanol–water partition coefficient (Wildman–Crippen LogP) is 2.67. The zero-order valence-corrected chi connectivity index (χ0v) is 13.3. The van der Waals surface area contributed by atoms with Gasteiger partial charge in [0.2, 0.25) is 0 Å². The fourth-order valence-corrected chi connectivity index (χ4v) is 2.41. The Morgan fingerprint density at radius 3 is 2.81 bits per heavy atom. The lowest BCUT2D eigenvalue weighted by Crippen LogP contribution is -2.27. The van der Waals surface area contributed by atoms with Gasteiger partial charge in [-0.25, -0.2) is 0 Å². The average molecular weight is 285 g/mol. The molecule has 1 heterocycles. The topological polar surface area (TPSA) is 28.2 Å². The van der Waals surface area contributed by atoms with Gasteiger partial charge in [0.1, 0.15) is 0 Å². The summed E-state index contributed by atoms with van der Waals surface area (Å²) in [6, 6.07) is 6.28. The molecule has 1 fully saturated rings. The van der Waals surface area contributed by atoms with Crippen molar-refractivity contribution in [1.82, 2.24) is 15.2 Å². The molecule has 1 aromatic rings. The molecule has 0 amide bonds. The first-order chi connectivity index (χ1) is 10.2. The molecule has 0 radical (unpaired) electrons. The molecule has 0 bridgehead atoms. The summed E-state index contributed by atoms with van der Waals surface area (Å²) in [6.45, 7) is 8.98. The highest BCUT2D eigenvalue weighted by atomic mass is 15.1. The molecule has 2 rings (SSSR count). The van der Waals surface area contributed by atoms with E-state index in [4.69, 9.17) is 11.4 Å². The molecule has 1 saturated carbocycles.